The zero-order valence-electron chi connectivity index (χ0n) is 13.7. The highest BCUT2D eigenvalue weighted by atomic mass is 32.2. The summed E-state index contributed by atoms with van der Waals surface area (Å²) in [6.07, 6.45) is 1.70. The molecule has 4 nitrogen and oxygen atoms in total. The summed E-state index contributed by atoms with van der Waals surface area (Å²) in [7, 11) is 0. The lowest BCUT2D eigenvalue weighted by atomic mass is 10.1. The van der Waals surface area contributed by atoms with Crippen molar-refractivity contribution in [1.29, 1.82) is 0 Å². The standard InChI is InChI=1S/C18H21N3OS/c1-13(2)12-23-18-20-19-17(15-7-4-6-14(3)10-15)21(18)11-16-8-5-9-22-16/h4-10,13H,11-12H2,1-3H3. The maximum absolute atomic E-state index is 5.52. The van der Waals surface area contributed by atoms with Gasteiger partial charge in [0.15, 0.2) is 11.0 Å². The molecule has 0 saturated heterocycles. The molecule has 1 aromatic carbocycles. The first-order valence-corrected chi connectivity index (χ1v) is 8.77. The van der Waals surface area contributed by atoms with Gasteiger partial charge in [-0.3, -0.25) is 4.57 Å². The first-order chi connectivity index (χ1) is 11.1. The molecule has 120 valence electrons. The molecular formula is C18H21N3OS. The Morgan fingerprint density at radius 1 is 1.17 bits per heavy atom. The minimum Gasteiger partial charge on any atom is -0.467 e. The van der Waals surface area contributed by atoms with Crippen LogP contribution in [0.5, 0.6) is 0 Å². The van der Waals surface area contributed by atoms with Crippen molar-refractivity contribution in [3.8, 4) is 11.4 Å². The Balaban J connectivity index is 1.98. The summed E-state index contributed by atoms with van der Waals surface area (Å²) in [5.41, 5.74) is 2.30. The minimum absolute atomic E-state index is 0.608. The third-order valence-electron chi connectivity index (χ3n) is 3.43. The second-order valence-electron chi connectivity index (χ2n) is 6.05. The minimum atomic E-state index is 0.608. The molecule has 0 spiro atoms. The van der Waals surface area contributed by atoms with Crippen LogP contribution in [0.3, 0.4) is 0 Å². The lowest BCUT2D eigenvalue weighted by Crippen LogP contribution is -2.04. The van der Waals surface area contributed by atoms with Gasteiger partial charge in [0.1, 0.15) is 5.76 Å². The SMILES string of the molecule is Cc1cccc(-c2nnc(SCC(C)C)n2Cc2ccco2)c1. The van der Waals surface area contributed by atoms with Crippen LogP contribution >= 0.6 is 11.8 Å². The van der Waals surface area contributed by atoms with Crippen molar-refractivity contribution in [1.82, 2.24) is 14.8 Å². The van der Waals surface area contributed by atoms with Crippen molar-refractivity contribution in [3.63, 3.8) is 0 Å². The molecule has 0 fully saturated rings. The Bertz CT molecular complexity index is 762. The molecule has 3 aromatic rings. The fourth-order valence-corrected chi connectivity index (χ4v) is 3.22. The van der Waals surface area contributed by atoms with Crippen molar-refractivity contribution in [2.75, 3.05) is 5.75 Å². The Kier molecular flexibility index (Phi) is 4.86. The van der Waals surface area contributed by atoms with E-state index in [1.54, 1.807) is 18.0 Å². The van der Waals surface area contributed by atoms with Crippen LogP contribution in [0, 0.1) is 12.8 Å². The van der Waals surface area contributed by atoms with E-state index in [4.69, 9.17) is 4.42 Å². The van der Waals surface area contributed by atoms with Crippen LogP contribution < -0.4 is 0 Å². The summed E-state index contributed by atoms with van der Waals surface area (Å²) >= 11 is 1.74. The molecular weight excluding hydrogens is 306 g/mol. The van der Waals surface area contributed by atoms with Crippen LogP contribution in [-0.2, 0) is 6.54 Å². The van der Waals surface area contributed by atoms with Gasteiger partial charge in [0.25, 0.3) is 0 Å². The summed E-state index contributed by atoms with van der Waals surface area (Å²) < 4.78 is 7.66. The van der Waals surface area contributed by atoms with Crippen molar-refractivity contribution in [2.45, 2.75) is 32.5 Å². The van der Waals surface area contributed by atoms with Crippen LogP contribution in [0.2, 0.25) is 0 Å². The molecule has 0 N–H and O–H groups in total. The summed E-state index contributed by atoms with van der Waals surface area (Å²) in [6, 6.07) is 12.2. The average Bonchev–Trinajstić information content (AvgIpc) is 3.15. The van der Waals surface area contributed by atoms with E-state index in [2.05, 4.69) is 59.8 Å². The van der Waals surface area contributed by atoms with Crippen LogP contribution in [0.1, 0.15) is 25.2 Å². The highest BCUT2D eigenvalue weighted by molar-refractivity contribution is 7.99. The lowest BCUT2D eigenvalue weighted by molar-refractivity contribution is 0.485. The van der Waals surface area contributed by atoms with Crippen molar-refractivity contribution >= 4 is 11.8 Å². The van der Waals surface area contributed by atoms with Crippen LogP contribution in [0.15, 0.2) is 52.2 Å². The van der Waals surface area contributed by atoms with Gasteiger partial charge in [-0.25, -0.2) is 0 Å². The van der Waals surface area contributed by atoms with Gasteiger partial charge in [0.2, 0.25) is 0 Å². The van der Waals surface area contributed by atoms with E-state index in [0.29, 0.717) is 12.5 Å². The summed E-state index contributed by atoms with van der Waals surface area (Å²) in [5, 5.41) is 9.78. The van der Waals surface area contributed by atoms with Gasteiger partial charge in [-0.1, -0.05) is 49.4 Å². The number of rotatable bonds is 6. The summed E-state index contributed by atoms with van der Waals surface area (Å²) in [4.78, 5) is 0. The van der Waals surface area contributed by atoms with Crippen molar-refractivity contribution in [2.24, 2.45) is 5.92 Å². The molecule has 5 heteroatoms. The zero-order valence-corrected chi connectivity index (χ0v) is 14.5. The largest absolute Gasteiger partial charge is 0.467 e. The van der Waals surface area contributed by atoms with E-state index in [1.165, 1.54) is 5.56 Å². The Labute approximate surface area is 140 Å². The monoisotopic (exact) mass is 327 g/mol. The molecule has 23 heavy (non-hydrogen) atoms. The normalized spacial score (nSPS) is 11.3. The van der Waals surface area contributed by atoms with Crippen LogP contribution in [0.4, 0.5) is 0 Å². The highest BCUT2D eigenvalue weighted by Crippen LogP contribution is 2.26. The summed E-state index contributed by atoms with van der Waals surface area (Å²) in [5.74, 6) is 3.42. The van der Waals surface area contributed by atoms with Crippen molar-refractivity contribution in [3.05, 3.63) is 54.0 Å². The van der Waals surface area contributed by atoms with Gasteiger partial charge in [-0.05, 0) is 31.0 Å². The topological polar surface area (TPSA) is 43.9 Å². The quantitative estimate of drug-likeness (QED) is 0.619. The average molecular weight is 327 g/mol. The van der Waals surface area contributed by atoms with Crippen LogP contribution in [0.25, 0.3) is 11.4 Å². The molecule has 2 aromatic heterocycles. The third kappa shape index (κ3) is 3.85. The highest BCUT2D eigenvalue weighted by Gasteiger charge is 2.16. The number of thioether (sulfide) groups is 1. The molecule has 0 radical (unpaired) electrons. The second-order valence-corrected chi connectivity index (χ2v) is 7.03. The van der Waals surface area contributed by atoms with Gasteiger partial charge in [0.05, 0.1) is 12.8 Å². The van der Waals surface area contributed by atoms with Gasteiger partial charge in [-0.2, -0.15) is 0 Å². The first-order valence-electron chi connectivity index (χ1n) is 7.79. The predicted molar refractivity (Wildman–Crippen MR) is 93.6 cm³/mol. The van der Waals surface area contributed by atoms with E-state index >= 15 is 0 Å². The number of furan rings is 1. The molecule has 0 bridgehead atoms. The van der Waals surface area contributed by atoms with E-state index in [9.17, 15) is 0 Å². The van der Waals surface area contributed by atoms with Gasteiger partial charge in [0, 0.05) is 11.3 Å². The van der Waals surface area contributed by atoms with Gasteiger partial charge < -0.3 is 4.42 Å². The second kappa shape index (κ2) is 7.04. The van der Waals surface area contributed by atoms with E-state index in [1.807, 2.05) is 12.1 Å². The Morgan fingerprint density at radius 3 is 2.74 bits per heavy atom. The van der Waals surface area contributed by atoms with Crippen LogP contribution in [-0.4, -0.2) is 20.5 Å². The molecule has 3 rings (SSSR count). The Hall–Kier alpha value is -2.01. The number of hydrogen-bond acceptors (Lipinski definition) is 4. The molecule has 0 saturated carbocycles. The molecule has 0 unspecified atom stereocenters. The first kappa shape index (κ1) is 15.9. The predicted octanol–water partition coefficient (Wildman–Crippen LogP) is 4.64. The number of nitrogens with zero attached hydrogens (tertiary/aromatic N) is 3. The van der Waals surface area contributed by atoms with E-state index < -0.39 is 0 Å². The lowest BCUT2D eigenvalue weighted by Gasteiger charge is -2.10. The molecule has 0 atom stereocenters. The fourth-order valence-electron chi connectivity index (χ4n) is 2.34. The van der Waals surface area contributed by atoms with Crippen molar-refractivity contribution < 1.29 is 4.42 Å². The fraction of sp³-hybridized carbons (Fsp3) is 0.333. The zero-order chi connectivity index (χ0) is 16.2. The number of aryl methyl sites for hydroxylation is 1. The number of benzene rings is 1. The van der Waals surface area contributed by atoms with Gasteiger partial charge >= 0.3 is 0 Å². The number of aromatic nitrogens is 3. The molecule has 2 heterocycles. The maximum Gasteiger partial charge on any atom is 0.191 e. The summed E-state index contributed by atoms with van der Waals surface area (Å²) in [6.45, 7) is 7.15. The molecule has 0 aliphatic carbocycles. The van der Waals surface area contributed by atoms with E-state index in [0.717, 1.165) is 28.1 Å². The molecule has 0 aliphatic heterocycles. The van der Waals surface area contributed by atoms with E-state index in [-0.39, 0.29) is 0 Å². The third-order valence-corrected chi connectivity index (χ3v) is 4.83. The van der Waals surface area contributed by atoms with Gasteiger partial charge in [-0.15, -0.1) is 10.2 Å². The molecule has 0 amide bonds. The molecule has 0 aliphatic rings. The maximum atomic E-state index is 5.52. The number of hydrogen-bond donors (Lipinski definition) is 0. The Morgan fingerprint density at radius 2 is 2.04 bits per heavy atom. The smallest absolute Gasteiger partial charge is 0.191 e.